The molecule has 0 saturated carbocycles. The fourth-order valence-corrected chi connectivity index (χ4v) is 2.14. The van der Waals surface area contributed by atoms with Gasteiger partial charge in [0.05, 0.1) is 0 Å². The van der Waals surface area contributed by atoms with Crippen molar-refractivity contribution in [3.8, 4) is 0 Å². The van der Waals surface area contributed by atoms with Gasteiger partial charge in [0.1, 0.15) is 0 Å². The third kappa shape index (κ3) is 3.78. The molecule has 1 heterocycles. The van der Waals surface area contributed by atoms with Crippen LogP contribution in [0.3, 0.4) is 0 Å². The summed E-state index contributed by atoms with van der Waals surface area (Å²) in [4.78, 5) is 0. The molecule has 0 aliphatic carbocycles. The summed E-state index contributed by atoms with van der Waals surface area (Å²) in [6.07, 6.45) is 2.14. The minimum absolute atomic E-state index is 0.353. The minimum Gasteiger partial charge on any atom is -0.328 e. The van der Waals surface area contributed by atoms with Gasteiger partial charge in [-0.1, -0.05) is 6.92 Å². The number of hydrogen-bond donors (Lipinski definition) is 2. The lowest BCUT2D eigenvalue weighted by molar-refractivity contribution is 0.549. The van der Waals surface area contributed by atoms with Crippen molar-refractivity contribution in [1.82, 2.24) is 5.32 Å². The maximum Gasteiger partial charge on any atom is 0.0216 e. The normalized spacial score (nSPS) is 13.1. The molecule has 0 aliphatic rings. The number of aryl methyl sites for hydroxylation is 1. The Hall–Kier alpha value is -0.380. The monoisotopic (exact) mass is 212 g/mol. The average molecular weight is 212 g/mol. The highest BCUT2D eigenvalue weighted by atomic mass is 32.1. The summed E-state index contributed by atoms with van der Waals surface area (Å²) in [7, 11) is 0. The van der Waals surface area contributed by atoms with Crippen LogP contribution in [0.5, 0.6) is 0 Å². The Labute approximate surface area is 90.5 Å². The second-order valence-corrected chi connectivity index (χ2v) is 4.46. The van der Waals surface area contributed by atoms with E-state index in [4.69, 9.17) is 5.73 Å². The van der Waals surface area contributed by atoms with Crippen LogP contribution in [-0.4, -0.2) is 12.6 Å². The van der Waals surface area contributed by atoms with Crippen molar-refractivity contribution in [2.75, 3.05) is 6.54 Å². The second-order valence-electron chi connectivity index (χ2n) is 3.71. The first-order valence-corrected chi connectivity index (χ1v) is 6.16. The molecule has 0 aliphatic heterocycles. The van der Waals surface area contributed by atoms with E-state index in [1.165, 1.54) is 11.1 Å². The molecule has 1 rings (SSSR count). The van der Waals surface area contributed by atoms with Crippen LogP contribution in [-0.2, 0) is 6.54 Å². The fraction of sp³-hybridized carbons (Fsp3) is 0.636. The Balaban J connectivity index is 2.13. The van der Waals surface area contributed by atoms with Gasteiger partial charge in [-0.2, -0.15) is 11.3 Å². The van der Waals surface area contributed by atoms with Gasteiger partial charge in [-0.25, -0.2) is 0 Å². The van der Waals surface area contributed by atoms with Crippen LogP contribution < -0.4 is 11.1 Å². The molecule has 3 N–H and O–H groups in total. The predicted molar refractivity (Wildman–Crippen MR) is 63.6 cm³/mol. The summed E-state index contributed by atoms with van der Waals surface area (Å²) in [5, 5.41) is 7.82. The van der Waals surface area contributed by atoms with E-state index in [2.05, 4.69) is 29.9 Å². The summed E-state index contributed by atoms with van der Waals surface area (Å²) in [6.45, 7) is 6.29. The van der Waals surface area contributed by atoms with Crippen LogP contribution in [0.25, 0.3) is 0 Å². The van der Waals surface area contributed by atoms with Crippen LogP contribution in [0, 0.1) is 6.92 Å². The highest BCUT2D eigenvalue weighted by molar-refractivity contribution is 7.08. The number of thiophene rings is 1. The molecule has 0 spiro atoms. The van der Waals surface area contributed by atoms with Crippen molar-refractivity contribution in [3.05, 3.63) is 21.9 Å². The predicted octanol–water partition coefficient (Wildman–Crippen LogP) is 2.27. The molecular formula is C11H20N2S. The summed E-state index contributed by atoms with van der Waals surface area (Å²) in [6, 6.07) is 0.353. The highest BCUT2D eigenvalue weighted by Gasteiger charge is 2.00. The summed E-state index contributed by atoms with van der Waals surface area (Å²) in [5.41, 5.74) is 8.63. The fourth-order valence-electron chi connectivity index (χ4n) is 1.28. The van der Waals surface area contributed by atoms with E-state index in [1.54, 1.807) is 11.3 Å². The quantitative estimate of drug-likeness (QED) is 0.710. The molecule has 1 unspecified atom stereocenters. The lowest BCUT2D eigenvalue weighted by Crippen LogP contribution is -2.25. The zero-order valence-corrected chi connectivity index (χ0v) is 9.86. The Morgan fingerprint density at radius 3 is 2.86 bits per heavy atom. The molecule has 1 aromatic rings. The zero-order chi connectivity index (χ0) is 10.4. The Kier molecular flexibility index (Phi) is 5.15. The van der Waals surface area contributed by atoms with Crippen LogP contribution >= 0.6 is 11.3 Å². The smallest absolute Gasteiger partial charge is 0.0216 e. The van der Waals surface area contributed by atoms with Crippen molar-refractivity contribution in [2.24, 2.45) is 5.73 Å². The molecule has 0 amide bonds. The lowest BCUT2D eigenvalue weighted by Gasteiger charge is -2.09. The minimum atomic E-state index is 0.353. The number of nitrogens with two attached hydrogens (primary N) is 1. The third-order valence-electron chi connectivity index (χ3n) is 2.49. The van der Waals surface area contributed by atoms with Crippen LogP contribution in [0.15, 0.2) is 10.8 Å². The van der Waals surface area contributed by atoms with Crippen LogP contribution in [0.2, 0.25) is 0 Å². The molecular weight excluding hydrogens is 192 g/mol. The van der Waals surface area contributed by atoms with Gasteiger partial charge in [0.2, 0.25) is 0 Å². The van der Waals surface area contributed by atoms with Gasteiger partial charge < -0.3 is 11.1 Å². The van der Waals surface area contributed by atoms with E-state index in [0.717, 1.165) is 25.9 Å². The van der Waals surface area contributed by atoms with E-state index in [0.29, 0.717) is 6.04 Å². The third-order valence-corrected chi connectivity index (χ3v) is 3.40. The molecule has 3 heteroatoms. The van der Waals surface area contributed by atoms with Gasteiger partial charge in [0.15, 0.2) is 0 Å². The average Bonchev–Trinajstić information content (AvgIpc) is 2.58. The largest absolute Gasteiger partial charge is 0.328 e. The van der Waals surface area contributed by atoms with Gasteiger partial charge in [-0.15, -0.1) is 0 Å². The van der Waals surface area contributed by atoms with Crippen LogP contribution in [0.4, 0.5) is 0 Å². The van der Waals surface area contributed by atoms with E-state index >= 15 is 0 Å². The van der Waals surface area contributed by atoms with Crippen molar-refractivity contribution in [1.29, 1.82) is 0 Å². The topological polar surface area (TPSA) is 38.0 Å². The van der Waals surface area contributed by atoms with Gasteiger partial charge in [0, 0.05) is 12.6 Å². The highest BCUT2D eigenvalue weighted by Crippen LogP contribution is 2.12. The molecule has 2 nitrogen and oxygen atoms in total. The second kappa shape index (κ2) is 6.17. The summed E-state index contributed by atoms with van der Waals surface area (Å²) in [5.74, 6) is 0. The first kappa shape index (κ1) is 11.7. The van der Waals surface area contributed by atoms with E-state index < -0.39 is 0 Å². The molecule has 0 aromatic carbocycles. The van der Waals surface area contributed by atoms with E-state index in [9.17, 15) is 0 Å². The molecule has 14 heavy (non-hydrogen) atoms. The van der Waals surface area contributed by atoms with E-state index in [-0.39, 0.29) is 0 Å². The molecule has 1 atom stereocenters. The first-order chi connectivity index (χ1) is 6.74. The lowest BCUT2D eigenvalue weighted by atomic mass is 10.1. The number of rotatable bonds is 6. The molecule has 1 aromatic heterocycles. The maximum atomic E-state index is 5.82. The summed E-state index contributed by atoms with van der Waals surface area (Å²) >= 11 is 1.77. The van der Waals surface area contributed by atoms with Gasteiger partial charge in [0.25, 0.3) is 0 Å². The Bertz CT molecular complexity index is 258. The summed E-state index contributed by atoms with van der Waals surface area (Å²) < 4.78 is 0. The first-order valence-electron chi connectivity index (χ1n) is 5.22. The molecule has 0 bridgehead atoms. The van der Waals surface area contributed by atoms with Crippen molar-refractivity contribution in [3.63, 3.8) is 0 Å². The molecule has 0 fully saturated rings. The van der Waals surface area contributed by atoms with Crippen molar-refractivity contribution < 1.29 is 0 Å². The Morgan fingerprint density at radius 2 is 2.29 bits per heavy atom. The molecule has 0 saturated heterocycles. The van der Waals surface area contributed by atoms with E-state index in [1.807, 2.05) is 0 Å². The van der Waals surface area contributed by atoms with Crippen molar-refractivity contribution in [2.45, 2.75) is 39.3 Å². The van der Waals surface area contributed by atoms with Gasteiger partial charge >= 0.3 is 0 Å². The molecule has 0 radical (unpaired) electrons. The van der Waals surface area contributed by atoms with Crippen LogP contribution in [0.1, 0.15) is 30.9 Å². The number of nitrogens with one attached hydrogen (secondary N) is 1. The zero-order valence-electron chi connectivity index (χ0n) is 9.05. The van der Waals surface area contributed by atoms with Crippen molar-refractivity contribution >= 4 is 11.3 Å². The molecule has 80 valence electrons. The van der Waals surface area contributed by atoms with Gasteiger partial charge in [-0.3, -0.25) is 0 Å². The van der Waals surface area contributed by atoms with Gasteiger partial charge in [-0.05, 0) is 48.2 Å². The Morgan fingerprint density at radius 1 is 1.50 bits per heavy atom. The maximum absolute atomic E-state index is 5.82. The number of hydrogen-bond acceptors (Lipinski definition) is 3. The SMILES string of the molecule is CCC(N)CCNCc1cscc1C. The standard InChI is InChI=1S/C11H20N2S/c1-3-11(12)4-5-13-6-10-8-14-7-9(10)2/h7-8,11,13H,3-6,12H2,1-2H3.